The second-order valence-corrected chi connectivity index (χ2v) is 8.32. The van der Waals surface area contributed by atoms with Crippen molar-refractivity contribution < 1.29 is 14.4 Å². The van der Waals surface area contributed by atoms with E-state index in [-0.39, 0.29) is 30.2 Å². The van der Waals surface area contributed by atoms with Gasteiger partial charge in [-0.05, 0) is 36.6 Å². The van der Waals surface area contributed by atoms with Crippen molar-refractivity contribution in [3.05, 3.63) is 65.2 Å². The molecular weight excluding hydrogens is 404 g/mol. The lowest BCUT2D eigenvalue weighted by atomic mass is 10.0. The molecule has 1 atom stereocenters. The van der Waals surface area contributed by atoms with Gasteiger partial charge in [-0.1, -0.05) is 42.5 Å². The highest BCUT2D eigenvalue weighted by molar-refractivity contribution is 5.93. The molecule has 0 unspecified atom stereocenters. The number of anilines is 1. The molecule has 0 radical (unpaired) electrons. The van der Waals surface area contributed by atoms with Gasteiger partial charge in [-0.2, -0.15) is 0 Å². The predicted octanol–water partition coefficient (Wildman–Crippen LogP) is 2.65. The Hall–Kier alpha value is -3.19. The summed E-state index contributed by atoms with van der Waals surface area (Å²) in [6.07, 6.45) is 0.219. The van der Waals surface area contributed by atoms with Crippen molar-refractivity contribution in [1.82, 2.24) is 15.1 Å². The summed E-state index contributed by atoms with van der Waals surface area (Å²) in [4.78, 5) is 40.9. The normalized spacial score (nSPS) is 15.2. The molecule has 3 rings (SSSR count). The fraction of sp³-hybridized carbons (Fsp3) is 0.400. The molecule has 7 nitrogen and oxygen atoms in total. The molecule has 2 N–H and O–H groups in total. The van der Waals surface area contributed by atoms with E-state index in [4.69, 9.17) is 0 Å². The number of hydrogen-bond donors (Lipinski definition) is 2. The van der Waals surface area contributed by atoms with Crippen LogP contribution in [0.1, 0.15) is 36.1 Å². The Kier molecular flexibility index (Phi) is 8.00. The maximum Gasteiger partial charge on any atom is 0.238 e. The summed E-state index contributed by atoms with van der Waals surface area (Å²) in [5.41, 5.74) is 3.97. The number of piperazine rings is 1. The van der Waals surface area contributed by atoms with Gasteiger partial charge in [0.05, 0.1) is 19.0 Å². The van der Waals surface area contributed by atoms with E-state index in [0.29, 0.717) is 32.7 Å². The molecule has 0 saturated carbocycles. The Morgan fingerprint density at radius 3 is 2.28 bits per heavy atom. The van der Waals surface area contributed by atoms with Gasteiger partial charge in [-0.25, -0.2) is 0 Å². The number of amides is 3. The van der Waals surface area contributed by atoms with Crippen LogP contribution in [0, 0.1) is 13.8 Å². The monoisotopic (exact) mass is 436 g/mol. The van der Waals surface area contributed by atoms with Crippen LogP contribution in [-0.2, 0) is 14.4 Å². The summed E-state index contributed by atoms with van der Waals surface area (Å²) in [7, 11) is 0. The molecule has 2 aromatic carbocycles. The average Bonchev–Trinajstić information content (AvgIpc) is 2.77. The topological polar surface area (TPSA) is 81.8 Å². The molecule has 1 heterocycles. The summed E-state index contributed by atoms with van der Waals surface area (Å²) in [6.45, 7) is 8.20. The van der Waals surface area contributed by atoms with Crippen LogP contribution in [0.5, 0.6) is 0 Å². The molecule has 0 bridgehead atoms. The van der Waals surface area contributed by atoms with Crippen LogP contribution in [0.3, 0.4) is 0 Å². The van der Waals surface area contributed by atoms with Crippen LogP contribution in [0.2, 0.25) is 0 Å². The van der Waals surface area contributed by atoms with Gasteiger partial charge in [0.25, 0.3) is 0 Å². The predicted molar refractivity (Wildman–Crippen MR) is 125 cm³/mol. The molecule has 0 spiro atoms. The minimum absolute atomic E-state index is 0.00656. The van der Waals surface area contributed by atoms with Crippen molar-refractivity contribution in [2.75, 3.05) is 38.0 Å². The van der Waals surface area contributed by atoms with Gasteiger partial charge < -0.3 is 15.5 Å². The van der Waals surface area contributed by atoms with Gasteiger partial charge in [0.15, 0.2) is 0 Å². The van der Waals surface area contributed by atoms with Crippen molar-refractivity contribution in [2.24, 2.45) is 0 Å². The van der Waals surface area contributed by atoms with Gasteiger partial charge in [0.1, 0.15) is 0 Å². The largest absolute Gasteiger partial charge is 0.349 e. The number of nitrogens with one attached hydrogen (secondary N) is 2. The van der Waals surface area contributed by atoms with Gasteiger partial charge in [0.2, 0.25) is 17.7 Å². The molecule has 1 saturated heterocycles. The molecule has 3 amide bonds. The third-order valence-corrected chi connectivity index (χ3v) is 5.93. The molecule has 1 fully saturated rings. The summed E-state index contributed by atoms with van der Waals surface area (Å²) < 4.78 is 0. The summed E-state index contributed by atoms with van der Waals surface area (Å²) in [5.74, 6) is -0.202. The first-order chi connectivity index (χ1) is 15.3. The fourth-order valence-corrected chi connectivity index (χ4v) is 3.92. The zero-order chi connectivity index (χ0) is 23.1. The molecule has 0 aromatic heterocycles. The summed E-state index contributed by atoms with van der Waals surface area (Å²) >= 11 is 0. The van der Waals surface area contributed by atoms with Crippen LogP contribution in [-0.4, -0.2) is 60.2 Å². The first-order valence-corrected chi connectivity index (χ1v) is 11.0. The standard InChI is InChI=1S/C25H32N4O3/c1-18-8-7-11-22(19(18)2)27-24(31)17-28-12-14-29(15-13-28)25(32)16-23(26-20(3)30)21-9-5-4-6-10-21/h4-11,23H,12-17H2,1-3H3,(H,26,30)(H,27,31)/t23-/m0/s1. The molecule has 170 valence electrons. The number of hydrogen-bond acceptors (Lipinski definition) is 4. The Labute approximate surface area is 189 Å². The maximum atomic E-state index is 12.9. The first kappa shape index (κ1) is 23.5. The lowest BCUT2D eigenvalue weighted by molar-refractivity contribution is -0.133. The Morgan fingerprint density at radius 2 is 1.62 bits per heavy atom. The van der Waals surface area contributed by atoms with Crippen molar-refractivity contribution >= 4 is 23.4 Å². The Balaban J connectivity index is 1.50. The smallest absolute Gasteiger partial charge is 0.238 e. The van der Waals surface area contributed by atoms with Crippen molar-refractivity contribution in [3.63, 3.8) is 0 Å². The van der Waals surface area contributed by atoms with Gasteiger partial charge in [0, 0.05) is 38.8 Å². The van der Waals surface area contributed by atoms with Crippen LogP contribution >= 0.6 is 0 Å². The van der Waals surface area contributed by atoms with Gasteiger partial charge in [-0.3, -0.25) is 19.3 Å². The summed E-state index contributed by atoms with van der Waals surface area (Å²) in [5, 5.41) is 5.88. The average molecular weight is 437 g/mol. The van der Waals surface area contributed by atoms with E-state index in [1.165, 1.54) is 6.92 Å². The second-order valence-electron chi connectivity index (χ2n) is 8.32. The SMILES string of the molecule is CC(=O)N[C@@H](CC(=O)N1CCN(CC(=O)Nc2cccc(C)c2C)CC1)c1ccccc1. The second kappa shape index (κ2) is 10.9. The molecule has 32 heavy (non-hydrogen) atoms. The number of nitrogens with zero attached hydrogens (tertiary/aromatic N) is 2. The third-order valence-electron chi connectivity index (χ3n) is 5.93. The molecule has 1 aliphatic rings. The lowest BCUT2D eigenvalue weighted by Gasteiger charge is -2.35. The highest BCUT2D eigenvalue weighted by Gasteiger charge is 2.25. The van der Waals surface area contributed by atoms with E-state index in [9.17, 15) is 14.4 Å². The summed E-state index contributed by atoms with van der Waals surface area (Å²) in [6, 6.07) is 15.1. The highest BCUT2D eigenvalue weighted by Crippen LogP contribution is 2.19. The van der Waals surface area contributed by atoms with Crippen LogP contribution in [0.4, 0.5) is 5.69 Å². The molecule has 7 heteroatoms. The molecule has 2 aromatic rings. The lowest BCUT2D eigenvalue weighted by Crippen LogP contribution is -2.51. The number of rotatable bonds is 7. The van der Waals surface area contributed by atoms with Crippen LogP contribution in [0.25, 0.3) is 0 Å². The van der Waals surface area contributed by atoms with Crippen molar-refractivity contribution in [3.8, 4) is 0 Å². The third kappa shape index (κ3) is 6.40. The van der Waals surface area contributed by atoms with Crippen LogP contribution in [0.15, 0.2) is 48.5 Å². The number of carbonyl (C=O) groups is 3. The van der Waals surface area contributed by atoms with E-state index >= 15 is 0 Å². The minimum Gasteiger partial charge on any atom is -0.349 e. The fourth-order valence-electron chi connectivity index (χ4n) is 3.92. The number of aryl methyl sites for hydroxylation is 1. The van der Waals surface area contributed by atoms with Gasteiger partial charge in [-0.15, -0.1) is 0 Å². The molecule has 1 aliphatic heterocycles. The number of carbonyl (C=O) groups excluding carboxylic acids is 3. The van der Waals surface area contributed by atoms with Crippen LogP contribution < -0.4 is 10.6 Å². The molecule has 0 aliphatic carbocycles. The maximum absolute atomic E-state index is 12.9. The van der Waals surface area contributed by atoms with E-state index < -0.39 is 0 Å². The quantitative estimate of drug-likeness (QED) is 0.699. The van der Waals surface area contributed by atoms with Crippen molar-refractivity contribution in [2.45, 2.75) is 33.2 Å². The van der Waals surface area contributed by atoms with E-state index in [1.54, 1.807) is 0 Å². The zero-order valence-electron chi connectivity index (χ0n) is 19.1. The minimum atomic E-state index is -0.345. The first-order valence-electron chi connectivity index (χ1n) is 11.0. The van der Waals surface area contributed by atoms with Crippen molar-refractivity contribution in [1.29, 1.82) is 0 Å². The van der Waals surface area contributed by atoms with E-state index in [1.807, 2.05) is 67.3 Å². The Morgan fingerprint density at radius 1 is 0.938 bits per heavy atom. The van der Waals surface area contributed by atoms with E-state index in [2.05, 4.69) is 15.5 Å². The molecular formula is C25H32N4O3. The Bertz CT molecular complexity index is 953. The van der Waals surface area contributed by atoms with Gasteiger partial charge >= 0.3 is 0 Å². The highest BCUT2D eigenvalue weighted by atomic mass is 16.2. The van der Waals surface area contributed by atoms with E-state index in [0.717, 1.165) is 22.4 Å². The number of benzene rings is 2. The zero-order valence-corrected chi connectivity index (χ0v) is 19.1.